The van der Waals surface area contributed by atoms with Crippen LogP contribution >= 0.6 is 0 Å². The molecule has 1 saturated heterocycles. The lowest BCUT2D eigenvalue weighted by atomic mass is 9.96. The van der Waals surface area contributed by atoms with Gasteiger partial charge in [0.05, 0.1) is 22.9 Å². The number of aromatic nitrogens is 2. The number of carbonyl (C=O) groups is 1. The molecule has 0 unspecified atom stereocenters. The third kappa shape index (κ3) is 3.20. The summed E-state index contributed by atoms with van der Waals surface area (Å²) in [5.41, 5.74) is 2.16. The zero-order valence-electron chi connectivity index (χ0n) is 13.8. The van der Waals surface area contributed by atoms with Crippen molar-refractivity contribution in [2.45, 2.75) is 19.4 Å². The highest BCUT2D eigenvalue weighted by atomic mass is 16.4. The molecule has 0 atom stereocenters. The molecule has 0 aliphatic carbocycles. The molecule has 1 aliphatic heterocycles. The van der Waals surface area contributed by atoms with Crippen LogP contribution in [0.1, 0.15) is 23.2 Å². The van der Waals surface area contributed by atoms with Crippen LogP contribution in [-0.4, -0.2) is 33.4 Å². The lowest BCUT2D eigenvalue weighted by Gasteiger charge is -2.32. The normalized spacial score (nSPS) is 15.6. The monoisotopic (exact) mass is 337 g/mol. The predicted octanol–water partition coefficient (Wildman–Crippen LogP) is 2.54. The Kier molecular flexibility index (Phi) is 4.09. The Morgan fingerprint density at radius 2 is 1.96 bits per heavy atom. The first kappa shape index (κ1) is 15.6. The van der Waals surface area contributed by atoms with Crippen LogP contribution in [0.25, 0.3) is 11.0 Å². The predicted molar refractivity (Wildman–Crippen MR) is 93.3 cm³/mol. The first-order valence-corrected chi connectivity index (χ1v) is 8.49. The highest BCUT2D eigenvalue weighted by Crippen LogP contribution is 2.22. The molecule has 3 aromatic rings. The summed E-state index contributed by atoms with van der Waals surface area (Å²) in [6.07, 6.45) is 5.05. The second-order valence-electron chi connectivity index (χ2n) is 6.46. The minimum Gasteiger partial charge on any atom is -0.430 e. The molecule has 0 N–H and O–H groups in total. The fourth-order valence-corrected chi connectivity index (χ4v) is 3.41. The van der Waals surface area contributed by atoms with E-state index < -0.39 is 5.63 Å². The van der Waals surface area contributed by atoms with Crippen LogP contribution in [0.2, 0.25) is 0 Å². The number of rotatable bonds is 3. The second kappa shape index (κ2) is 6.55. The highest BCUT2D eigenvalue weighted by Gasteiger charge is 2.24. The molecular weight excluding hydrogens is 318 g/mol. The minimum atomic E-state index is -0.442. The lowest BCUT2D eigenvalue weighted by Crippen LogP contribution is -2.39. The lowest BCUT2D eigenvalue weighted by molar-refractivity contribution is 0.0680. The van der Waals surface area contributed by atoms with Crippen molar-refractivity contribution in [1.82, 2.24) is 14.5 Å². The number of likely N-dealkylation sites (tertiary alicyclic amines) is 1. The Morgan fingerprint density at radius 1 is 1.16 bits per heavy atom. The second-order valence-corrected chi connectivity index (χ2v) is 6.46. The number of amides is 1. The molecule has 0 saturated carbocycles. The summed E-state index contributed by atoms with van der Waals surface area (Å²) in [4.78, 5) is 29.7. The quantitative estimate of drug-likeness (QED) is 0.736. The van der Waals surface area contributed by atoms with Crippen molar-refractivity contribution < 1.29 is 9.21 Å². The van der Waals surface area contributed by atoms with Crippen molar-refractivity contribution in [1.29, 1.82) is 0 Å². The first-order chi connectivity index (χ1) is 12.2. The molecule has 1 aliphatic rings. The molecule has 3 heterocycles. The SMILES string of the molecule is O=C(c1ccc(=O)oc1)N1CCC(Cn2cnc3ccccc32)CC1. The maximum absolute atomic E-state index is 12.5. The van der Waals surface area contributed by atoms with Gasteiger partial charge in [-0.15, -0.1) is 0 Å². The van der Waals surface area contributed by atoms with Gasteiger partial charge < -0.3 is 13.9 Å². The van der Waals surface area contributed by atoms with Gasteiger partial charge in [0.25, 0.3) is 5.91 Å². The zero-order chi connectivity index (χ0) is 17.2. The third-order valence-corrected chi connectivity index (χ3v) is 4.83. The molecule has 1 fully saturated rings. The Hall–Kier alpha value is -2.89. The van der Waals surface area contributed by atoms with Crippen molar-refractivity contribution in [3.63, 3.8) is 0 Å². The van der Waals surface area contributed by atoms with Gasteiger partial charge in [0.2, 0.25) is 0 Å². The minimum absolute atomic E-state index is 0.0738. The van der Waals surface area contributed by atoms with E-state index in [0.29, 0.717) is 11.5 Å². The molecule has 0 bridgehead atoms. The fourth-order valence-electron chi connectivity index (χ4n) is 3.41. The molecule has 6 heteroatoms. The Morgan fingerprint density at radius 3 is 2.72 bits per heavy atom. The Bertz CT molecular complexity index is 931. The number of para-hydroxylation sites is 2. The number of hydrogen-bond donors (Lipinski definition) is 0. The largest absolute Gasteiger partial charge is 0.430 e. The number of nitrogens with zero attached hydrogens (tertiary/aromatic N) is 3. The number of piperidine rings is 1. The number of benzene rings is 1. The summed E-state index contributed by atoms with van der Waals surface area (Å²) in [5.74, 6) is 0.450. The van der Waals surface area contributed by atoms with E-state index in [2.05, 4.69) is 15.6 Å². The van der Waals surface area contributed by atoms with Gasteiger partial charge in [-0.05, 0) is 37.0 Å². The summed E-state index contributed by atoms with van der Waals surface area (Å²) < 4.78 is 6.99. The Balaban J connectivity index is 1.39. The number of imidazole rings is 1. The van der Waals surface area contributed by atoms with Gasteiger partial charge in [0.15, 0.2) is 0 Å². The van der Waals surface area contributed by atoms with E-state index in [1.54, 1.807) is 0 Å². The van der Waals surface area contributed by atoms with Crippen LogP contribution in [0.5, 0.6) is 0 Å². The molecule has 25 heavy (non-hydrogen) atoms. The summed E-state index contributed by atoms with van der Waals surface area (Å²) in [6.45, 7) is 2.35. The standard InChI is InChI=1S/C19H19N3O3/c23-18-6-5-15(12-25-18)19(24)21-9-7-14(8-10-21)11-22-13-20-16-3-1-2-4-17(16)22/h1-6,12-14H,7-11H2. The van der Waals surface area contributed by atoms with Crippen LogP contribution < -0.4 is 5.63 Å². The van der Waals surface area contributed by atoms with E-state index in [0.717, 1.165) is 43.5 Å². The average Bonchev–Trinajstić information content (AvgIpc) is 3.06. The molecular formula is C19H19N3O3. The fraction of sp³-hybridized carbons (Fsp3) is 0.316. The van der Waals surface area contributed by atoms with Crippen molar-refractivity contribution in [3.05, 3.63) is 65.0 Å². The van der Waals surface area contributed by atoms with Gasteiger partial charge in [0.1, 0.15) is 6.26 Å². The third-order valence-electron chi connectivity index (χ3n) is 4.83. The van der Waals surface area contributed by atoms with E-state index in [4.69, 9.17) is 4.42 Å². The van der Waals surface area contributed by atoms with Crippen LogP contribution in [-0.2, 0) is 6.54 Å². The topological polar surface area (TPSA) is 68.3 Å². The van der Waals surface area contributed by atoms with E-state index >= 15 is 0 Å². The van der Waals surface area contributed by atoms with Crippen LogP contribution in [0.3, 0.4) is 0 Å². The summed E-state index contributed by atoms with van der Waals surface area (Å²) in [7, 11) is 0. The van der Waals surface area contributed by atoms with Crippen LogP contribution in [0.4, 0.5) is 0 Å². The molecule has 128 valence electrons. The molecule has 1 aromatic carbocycles. The molecule has 6 nitrogen and oxygen atoms in total. The maximum atomic E-state index is 12.5. The molecule has 2 aromatic heterocycles. The highest BCUT2D eigenvalue weighted by molar-refractivity contribution is 5.93. The van der Waals surface area contributed by atoms with E-state index in [9.17, 15) is 9.59 Å². The van der Waals surface area contributed by atoms with Gasteiger partial charge in [-0.3, -0.25) is 4.79 Å². The molecule has 4 rings (SSSR count). The van der Waals surface area contributed by atoms with Crippen LogP contribution in [0.15, 0.2) is 58.2 Å². The zero-order valence-corrected chi connectivity index (χ0v) is 13.8. The van der Waals surface area contributed by atoms with Gasteiger partial charge in [0, 0.05) is 25.7 Å². The maximum Gasteiger partial charge on any atom is 0.335 e. The summed E-state index contributed by atoms with van der Waals surface area (Å²) >= 11 is 0. The van der Waals surface area contributed by atoms with Gasteiger partial charge in [-0.1, -0.05) is 12.1 Å². The van der Waals surface area contributed by atoms with E-state index in [-0.39, 0.29) is 5.91 Å². The summed E-state index contributed by atoms with van der Waals surface area (Å²) in [5, 5.41) is 0. The van der Waals surface area contributed by atoms with E-state index in [1.165, 1.54) is 18.4 Å². The molecule has 1 amide bonds. The number of carbonyl (C=O) groups excluding carboxylic acids is 1. The van der Waals surface area contributed by atoms with Gasteiger partial charge in [-0.2, -0.15) is 0 Å². The van der Waals surface area contributed by atoms with Crippen molar-refractivity contribution >= 4 is 16.9 Å². The van der Waals surface area contributed by atoms with Crippen LogP contribution in [0, 0.1) is 5.92 Å². The average molecular weight is 337 g/mol. The Labute approximate surface area is 144 Å². The van der Waals surface area contributed by atoms with Crippen molar-refractivity contribution in [2.24, 2.45) is 5.92 Å². The number of fused-ring (bicyclic) bond motifs is 1. The number of hydrogen-bond acceptors (Lipinski definition) is 4. The van der Waals surface area contributed by atoms with Gasteiger partial charge in [-0.25, -0.2) is 9.78 Å². The first-order valence-electron chi connectivity index (χ1n) is 8.49. The smallest absolute Gasteiger partial charge is 0.335 e. The molecule has 0 radical (unpaired) electrons. The summed E-state index contributed by atoms with van der Waals surface area (Å²) in [6, 6.07) is 10.9. The molecule has 0 spiro atoms. The van der Waals surface area contributed by atoms with Crippen molar-refractivity contribution in [2.75, 3.05) is 13.1 Å². The van der Waals surface area contributed by atoms with E-state index in [1.807, 2.05) is 29.4 Å². The van der Waals surface area contributed by atoms with Gasteiger partial charge >= 0.3 is 5.63 Å². The van der Waals surface area contributed by atoms with Crippen molar-refractivity contribution in [3.8, 4) is 0 Å².